The summed E-state index contributed by atoms with van der Waals surface area (Å²) >= 11 is 0. The summed E-state index contributed by atoms with van der Waals surface area (Å²) in [4.78, 5) is 47.7. The van der Waals surface area contributed by atoms with Crippen molar-refractivity contribution in [2.24, 2.45) is 5.92 Å². The van der Waals surface area contributed by atoms with Gasteiger partial charge in [0, 0.05) is 43.7 Å². The van der Waals surface area contributed by atoms with Crippen LogP contribution in [-0.2, 0) is 27.4 Å². The highest BCUT2D eigenvalue weighted by Crippen LogP contribution is 2.48. The number of piperidine rings is 1. The Labute approximate surface area is 231 Å². The maximum atomic E-state index is 13.4. The zero-order valence-electron chi connectivity index (χ0n) is 22.0. The fourth-order valence-electron chi connectivity index (χ4n) is 4.87. The summed E-state index contributed by atoms with van der Waals surface area (Å²) in [7, 11) is 0. The molecule has 1 aliphatic carbocycles. The first-order chi connectivity index (χ1) is 19.6. The number of aromatic nitrogens is 4. The number of nitrogens with zero attached hydrogens (tertiary/aromatic N) is 5. The molecule has 0 unspecified atom stereocenters. The van der Waals surface area contributed by atoms with Crippen LogP contribution < -0.4 is 10.1 Å². The number of hydrogen-bond donors (Lipinski definition) is 1. The van der Waals surface area contributed by atoms with Crippen LogP contribution in [0.5, 0.6) is 5.75 Å². The van der Waals surface area contributed by atoms with Gasteiger partial charge in [-0.15, -0.1) is 13.2 Å². The maximum absolute atomic E-state index is 13.4. The minimum absolute atomic E-state index is 0.0647. The Kier molecular flexibility index (Phi) is 8.06. The highest BCUT2D eigenvalue weighted by molar-refractivity contribution is 6.05. The van der Waals surface area contributed by atoms with Crippen molar-refractivity contribution in [2.75, 3.05) is 13.2 Å². The molecule has 1 N–H and O–H groups in total. The van der Waals surface area contributed by atoms with Crippen LogP contribution in [0.1, 0.15) is 42.5 Å². The van der Waals surface area contributed by atoms with Crippen molar-refractivity contribution >= 4 is 28.7 Å². The van der Waals surface area contributed by atoms with Crippen LogP contribution >= 0.6 is 0 Å². The van der Waals surface area contributed by atoms with Gasteiger partial charge in [0.1, 0.15) is 24.6 Å². The molecule has 1 aliphatic heterocycles. The number of amides is 2. The number of Topliss-reactive ketones (excluding diaryl/α,β-unsaturated/α-hetero) is 1. The van der Waals surface area contributed by atoms with Crippen LogP contribution in [-0.4, -0.2) is 74.2 Å². The number of fused-ring (bicyclic) bond motifs is 2. The Hall–Kier alpha value is -4.27. The number of likely N-dealkylation sites (tertiary alicyclic amines) is 1. The SMILES string of the molecule is CC(=O)c1nn(CC(=O)N2[C@@H](OC(=O)NCCCOC(F)(F)F)C[C@H]3C[C@H]32)c2ccc(OCc3ncccn3)cc12. The molecule has 15 heteroatoms. The van der Waals surface area contributed by atoms with E-state index in [2.05, 4.69) is 25.1 Å². The van der Waals surface area contributed by atoms with Gasteiger partial charge in [-0.3, -0.25) is 19.0 Å². The van der Waals surface area contributed by atoms with Crippen LogP contribution in [0.3, 0.4) is 0 Å². The largest absolute Gasteiger partial charge is 0.522 e. The molecule has 3 atom stereocenters. The van der Waals surface area contributed by atoms with Crippen molar-refractivity contribution in [3.05, 3.63) is 48.2 Å². The molecular weight excluding hydrogens is 549 g/mol. The summed E-state index contributed by atoms with van der Waals surface area (Å²) < 4.78 is 52.5. The second-order valence-corrected chi connectivity index (χ2v) is 9.73. The molecule has 218 valence electrons. The summed E-state index contributed by atoms with van der Waals surface area (Å²) in [6, 6.07) is 6.69. The first-order valence-corrected chi connectivity index (χ1v) is 13.0. The third-order valence-electron chi connectivity index (χ3n) is 6.77. The number of alkyl carbamates (subject to hydrolysis) is 1. The van der Waals surface area contributed by atoms with Gasteiger partial charge in [0.25, 0.3) is 0 Å². The van der Waals surface area contributed by atoms with E-state index in [1.54, 1.807) is 36.7 Å². The number of carbonyl (C=O) groups is 3. The normalized spacial score (nSPS) is 19.6. The third kappa shape index (κ3) is 6.90. The number of hydrogen-bond acceptors (Lipinski definition) is 9. The molecule has 0 spiro atoms. The molecule has 1 saturated heterocycles. The van der Waals surface area contributed by atoms with Gasteiger partial charge in [-0.2, -0.15) is 5.10 Å². The molecule has 41 heavy (non-hydrogen) atoms. The number of ether oxygens (including phenoxy) is 3. The number of carbonyl (C=O) groups excluding carboxylic acids is 3. The highest BCUT2D eigenvalue weighted by atomic mass is 19.4. The summed E-state index contributed by atoms with van der Waals surface area (Å²) in [6.45, 7) is 0.631. The predicted molar refractivity (Wildman–Crippen MR) is 134 cm³/mol. The van der Waals surface area contributed by atoms with Gasteiger partial charge in [0.2, 0.25) is 5.91 Å². The second-order valence-electron chi connectivity index (χ2n) is 9.73. The summed E-state index contributed by atoms with van der Waals surface area (Å²) in [5.74, 6) is 0.542. The maximum Gasteiger partial charge on any atom is 0.522 e. The van der Waals surface area contributed by atoms with Crippen LogP contribution in [0.2, 0.25) is 0 Å². The minimum Gasteiger partial charge on any atom is -0.486 e. The van der Waals surface area contributed by atoms with E-state index in [0.717, 1.165) is 6.42 Å². The van der Waals surface area contributed by atoms with E-state index >= 15 is 0 Å². The quantitative estimate of drug-likeness (QED) is 0.269. The van der Waals surface area contributed by atoms with E-state index in [1.165, 1.54) is 16.5 Å². The Morgan fingerprint density at radius 3 is 2.66 bits per heavy atom. The Morgan fingerprint density at radius 1 is 1.15 bits per heavy atom. The van der Waals surface area contributed by atoms with Gasteiger partial charge >= 0.3 is 12.5 Å². The van der Waals surface area contributed by atoms with Gasteiger partial charge in [0.15, 0.2) is 17.8 Å². The molecule has 5 rings (SSSR count). The van der Waals surface area contributed by atoms with Crippen molar-refractivity contribution in [3.8, 4) is 5.75 Å². The van der Waals surface area contributed by atoms with Crippen LogP contribution in [0.4, 0.5) is 18.0 Å². The number of ketones is 1. The van der Waals surface area contributed by atoms with Gasteiger partial charge in [-0.1, -0.05) is 0 Å². The molecule has 3 heterocycles. The molecule has 2 aromatic heterocycles. The van der Waals surface area contributed by atoms with E-state index in [4.69, 9.17) is 9.47 Å². The zero-order valence-corrected chi connectivity index (χ0v) is 22.0. The van der Waals surface area contributed by atoms with E-state index in [1.807, 2.05) is 0 Å². The van der Waals surface area contributed by atoms with E-state index in [0.29, 0.717) is 28.9 Å². The van der Waals surface area contributed by atoms with Gasteiger partial charge < -0.3 is 19.7 Å². The van der Waals surface area contributed by atoms with Crippen molar-refractivity contribution in [1.82, 2.24) is 30.0 Å². The lowest BCUT2D eigenvalue weighted by atomic mass is 10.1. The number of alkyl halides is 3. The van der Waals surface area contributed by atoms with Crippen molar-refractivity contribution in [1.29, 1.82) is 0 Å². The highest BCUT2D eigenvalue weighted by Gasteiger charge is 2.55. The first kappa shape index (κ1) is 28.3. The molecule has 3 aromatic rings. The molecule has 12 nitrogen and oxygen atoms in total. The average molecular weight is 577 g/mol. The molecule has 0 radical (unpaired) electrons. The molecular formula is C26H27F3N6O6. The summed E-state index contributed by atoms with van der Waals surface area (Å²) in [5.41, 5.74) is 0.733. The lowest BCUT2D eigenvalue weighted by molar-refractivity contribution is -0.324. The predicted octanol–water partition coefficient (Wildman–Crippen LogP) is 3.21. The lowest BCUT2D eigenvalue weighted by Gasteiger charge is -2.27. The molecule has 2 aliphatic rings. The fourth-order valence-corrected chi connectivity index (χ4v) is 4.87. The second kappa shape index (κ2) is 11.7. The van der Waals surface area contributed by atoms with Crippen LogP contribution in [0.15, 0.2) is 36.7 Å². The fraction of sp³-hybridized carbons (Fsp3) is 0.462. The topological polar surface area (TPSA) is 138 Å². The number of nitrogens with one attached hydrogen (secondary N) is 1. The van der Waals surface area contributed by atoms with Crippen LogP contribution in [0.25, 0.3) is 10.9 Å². The smallest absolute Gasteiger partial charge is 0.486 e. The van der Waals surface area contributed by atoms with E-state index in [9.17, 15) is 27.6 Å². The third-order valence-corrected chi connectivity index (χ3v) is 6.77. The van der Waals surface area contributed by atoms with Crippen molar-refractivity contribution in [2.45, 2.75) is 58.0 Å². The van der Waals surface area contributed by atoms with Crippen molar-refractivity contribution < 1.29 is 41.8 Å². The van der Waals surface area contributed by atoms with E-state index in [-0.39, 0.29) is 55.5 Å². The molecule has 2 fully saturated rings. The summed E-state index contributed by atoms with van der Waals surface area (Å²) in [6.07, 6.45) is -1.99. The van der Waals surface area contributed by atoms with Crippen molar-refractivity contribution in [3.63, 3.8) is 0 Å². The number of halogens is 3. The molecule has 1 saturated carbocycles. The average Bonchev–Trinajstić information content (AvgIpc) is 3.44. The van der Waals surface area contributed by atoms with Crippen LogP contribution in [0, 0.1) is 5.92 Å². The minimum atomic E-state index is -4.73. The molecule has 2 amide bonds. The molecule has 1 aromatic carbocycles. The monoisotopic (exact) mass is 576 g/mol. The summed E-state index contributed by atoms with van der Waals surface area (Å²) in [5, 5.41) is 7.28. The van der Waals surface area contributed by atoms with Gasteiger partial charge in [0.05, 0.1) is 12.1 Å². The number of rotatable bonds is 11. The lowest BCUT2D eigenvalue weighted by Crippen LogP contribution is -2.44. The zero-order chi connectivity index (χ0) is 29.1. The standard InChI is InChI=1S/C26H27F3N6O6/c1-15(36)24-18-12-17(39-14-21-30-6-2-7-31-21)4-5-19(18)34(33-24)13-22(37)35-20-10-16(20)11-23(35)41-25(38)32-8-3-9-40-26(27,28)29/h2,4-7,12,16,20,23H,3,8-11,13-14H2,1H3,(H,32,38)/t16-,20-,23+/m1/s1. The number of benzene rings is 1. The Balaban J connectivity index is 1.22. The molecule has 0 bridgehead atoms. The van der Waals surface area contributed by atoms with Gasteiger partial charge in [-0.05, 0) is 43.0 Å². The first-order valence-electron chi connectivity index (χ1n) is 13.0. The van der Waals surface area contributed by atoms with Gasteiger partial charge in [-0.25, -0.2) is 14.8 Å². The van der Waals surface area contributed by atoms with E-state index < -0.39 is 25.3 Å². The Morgan fingerprint density at radius 2 is 1.93 bits per heavy atom. The Bertz CT molecular complexity index is 1430.